The number of aromatic nitrogens is 2. The summed E-state index contributed by atoms with van der Waals surface area (Å²) in [5.41, 5.74) is 1.60. The fourth-order valence-corrected chi connectivity index (χ4v) is 3.14. The minimum absolute atomic E-state index is 0.152. The predicted octanol–water partition coefficient (Wildman–Crippen LogP) is 4.39. The minimum Gasteiger partial charge on any atom is -0.492 e. The average Bonchev–Trinajstić information content (AvgIpc) is 2.76. The van der Waals surface area contributed by atoms with Crippen LogP contribution in [0.2, 0.25) is 5.02 Å². The van der Waals surface area contributed by atoms with Gasteiger partial charge in [-0.1, -0.05) is 36.7 Å². The highest BCUT2D eigenvalue weighted by molar-refractivity contribution is 6.30. The molecule has 162 valence electrons. The highest BCUT2D eigenvalue weighted by atomic mass is 35.5. The second-order valence-corrected chi connectivity index (χ2v) is 7.22. The second-order valence-electron chi connectivity index (χ2n) is 6.79. The van der Waals surface area contributed by atoms with Crippen molar-refractivity contribution in [2.24, 2.45) is 0 Å². The molecule has 1 heterocycles. The fraction of sp³-hybridized carbons (Fsp3) is 0.261. The number of carbonyl (C=O) groups excluding carboxylic acids is 1. The molecule has 0 radical (unpaired) electrons. The molecular formula is C23H24ClN3O4. The van der Waals surface area contributed by atoms with Crippen LogP contribution in [0, 0.1) is 6.92 Å². The van der Waals surface area contributed by atoms with Gasteiger partial charge in [-0.25, -0.2) is 0 Å². The van der Waals surface area contributed by atoms with Gasteiger partial charge < -0.3 is 14.8 Å². The maximum Gasteiger partial charge on any atom is 0.271 e. The SMILES string of the molecule is CCOc1ccccc1NC(=O)[C@H](CC)Oc1ccc(=O)n(-c2cc(Cl)ccc2C)n1. The van der Waals surface area contributed by atoms with E-state index >= 15 is 0 Å². The largest absolute Gasteiger partial charge is 0.492 e. The number of hydrogen-bond acceptors (Lipinski definition) is 5. The molecule has 1 N–H and O–H groups in total. The van der Waals surface area contributed by atoms with Crippen molar-refractivity contribution in [2.45, 2.75) is 33.3 Å². The van der Waals surface area contributed by atoms with E-state index in [1.54, 1.807) is 30.3 Å². The number of nitrogens with one attached hydrogen (secondary N) is 1. The fourth-order valence-electron chi connectivity index (χ4n) is 2.97. The topological polar surface area (TPSA) is 82.5 Å². The van der Waals surface area contributed by atoms with E-state index in [9.17, 15) is 9.59 Å². The first-order valence-electron chi connectivity index (χ1n) is 9.99. The molecule has 0 aliphatic heterocycles. The molecule has 2 aromatic carbocycles. The molecule has 0 saturated carbocycles. The van der Waals surface area contributed by atoms with Crippen molar-refractivity contribution in [3.05, 3.63) is 75.5 Å². The molecular weight excluding hydrogens is 418 g/mol. The van der Waals surface area contributed by atoms with Crippen molar-refractivity contribution in [2.75, 3.05) is 11.9 Å². The van der Waals surface area contributed by atoms with Gasteiger partial charge in [-0.2, -0.15) is 4.68 Å². The molecule has 7 nitrogen and oxygen atoms in total. The Morgan fingerprint density at radius 1 is 1.16 bits per heavy atom. The maximum atomic E-state index is 12.8. The molecule has 1 aromatic heterocycles. The third-order valence-corrected chi connectivity index (χ3v) is 4.78. The first-order valence-corrected chi connectivity index (χ1v) is 10.4. The van der Waals surface area contributed by atoms with E-state index in [-0.39, 0.29) is 17.3 Å². The predicted molar refractivity (Wildman–Crippen MR) is 121 cm³/mol. The number of rotatable bonds is 8. The van der Waals surface area contributed by atoms with Crippen LogP contribution in [0.3, 0.4) is 0 Å². The zero-order valence-corrected chi connectivity index (χ0v) is 18.3. The molecule has 0 aliphatic rings. The molecule has 1 atom stereocenters. The quantitative estimate of drug-likeness (QED) is 0.560. The lowest BCUT2D eigenvalue weighted by atomic mass is 10.2. The van der Waals surface area contributed by atoms with Crippen molar-refractivity contribution in [1.82, 2.24) is 9.78 Å². The molecule has 0 fully saturated rings. The van der Waals surface area contributed by atoms with Gasteiger partial charge in [0.15, 0.2) is 6.10 Å². The van der Waals surface area contributed by atoms with Gasteiger partial charge in [0.2, 0.25) is 5.88 Å². The number of aryl methyl sites for hydroxylation is 1. The summed E-state index contributed by atoms with van der Waals surface area (Å²) in [6, 6.07) is 15.2. The standard InChI is InChI=1S/C23H24ClN3O4/c1-4-19(23(29)25-17-8-6-7-9-20(17)30-5-2)31-21-12-13-22(28)27(26-21)18-14-16(24)11-10-15(18)3/h6-14,19H,4-5H2,1-3H3,(H,25,29)/t19-/m0/s1. The van der Waals surface area contributed by atoms with E-state index in [1.165, 1.54) is 16.8 Å². The summed E-state index contributed by atoms with van der Waals surface area (Å²) < 4.78 is 12.6. The smallest absolute Gasteiger partial charge is 0.271 e. The Labute approximate surface area is 185 Å². The summed E-state index contributed by atoms with van der Waals surface area (Å²) in [5.74, 6) is 0.392. The molecule has 0 aliphatic carbocycles. The van der Waals surface area contributed by atoms with Gasteiger partial charge >= 0.3 is 0 Å². The van der Waals surface area contributed by atoms with E-state index in [2.05, 4.69) is 10.4 Å². The monoisotopic (exact) mass is 441 g/mol. The molecule has 0 unspecified atom stereocenters. The summed E-state index contributed by atoms with van der Waals surface area (Å²) in [5, 5.41) is 7.61. The Morgan fingerprint density at radius 3 is 2.68 bits per heavy atom. The summed E-state index contributed by atoms with van der Waals surface area (Å²) in [6.07, 6.45) is -0.409. The molecule has 0 bridgehead atoms. The molecule has 0 saturated heterocycles. The second kappa shape index (κ2) is 10.1. The summed E-state index contributed by atoms with van der Waals surface area (Å²) in [7, 11) is 0. The van der Waals surface area contributed by atoms with Gasteiger partial charge in [-0.05, 0) is 50.1 Å². The average molecular weight is 442 g/mol. The lowest BCUT2D eigenvalue weighted by Gasteiger charge is -2.18. The molecule has 3 rings (SSSR count). The van der Waals surface area contributed by atoms with Crippen LogP contribution in [0.1, 0.15) is 25.8 Å². The van der Waals surface area contributed by atoms with Crippen LogP contribution in [-0.2, 0) is 4.79 Å². The van der Waals surface area contributed by atoms with Crippen molar-refractivity contribution in [1.29, 1.82) is 0 Å². The third kappa shape index (κ3) is 5.44. The van der Waals surface area contributed by atoms with E-state index in [1.807, 2.05) is 32.9 Å². The van der Waals surface area contributed by atoms with Crippen LogP contribution >= 0.6 is 11.6 Å². The molecule has 31 heavy (non-hydrogen) atoms. The molecule has 3 aromatic rings. The van der Waals surface area contributed by atoms with Crippen LogP contribution < -0.4 is 20.3 Å². The number of ether oxygens (including phenoxy) is 2. The Morgan fingerprint density at radius 2 is 1.94 bits per heavy atom. The minimum atomic E-state index is -0.811. The Bertz CT molecular complexity index is 1130. The van der Waals surface area contributed by atoms with Crippen molar-refractivity contribution < 1.29 is 14.3 Å². The molecule has 1 amide bonds. The highest BCUT2D eigenvalue weighted by Crippen LogP contribution is 2.24. The summed E-state index contributed by atoms with van der Waals surface area (Å²) in [4.78, 5) is 25.2. The Hall–Kier alpha value is -3.32. The highest BCUT2D eigenvalue weighted by Gasteiger charge is 2.21. The van der Waals surface area contributed by atoms with Crippen LogP contribution in [0.25, 0.3) is 5.69 Å². The normalized spacial score (nSPS) is 11.6. The Kier molecular flexibility index (Phi) is 7.31. The number of carbonyl (C=O) groups is 1. The number of halogens is 1. The number of anilines is 1. The summed E-state index contributed by atoms with van der Waals surface area (Å²) >= 11 is 6.08. The van der Waals surface area contributed by atoms with Crippen molar-refractivity contribution in [3.63, 3.8) is 0 Å². The lowest BCUT2D eigenvalue weighted by Crippen LogP contribution is -2.33. The van der Waals surface area contributed by atoms with E-state index in [0.29, 0.717) is 35.2 Å². The molecule has 0 spiro atoms. The van der Waals surface area contributed by atoms with Gasteiger partial charge in [0.05, 0.1) is 18.0 Å². The molecule has 8 heteroatoms. The van der Waals surface area contributed by atoms with E-state index in [4.69, 9.17) is 21.1 Å². The van der Waals surface area contributed by atoms with Crippen LogP contribution in [0.4, 0.5) is 5.69 Å². The first kappa shape index (κ1) is 22.4. The van der Waals surface area contributed by atoms with Gasteiger partial charge in [0.1, 0.15) is 5.75 Å². The van der Waals surface area contributed by atoms with Crippen LogP contribution in [0.5, 0.6) is 11.6 Å². The van der Waals surface area contributed by atoms with Crippen molar-refractivity contribution in [3.8, 4) is 17.3 Å². The van der Waals surface area contributed by atoms with Gasteiger partial charge in [0, 0.05) is 17.2 Å². The van der Waals surface area contributed by atoms with E-state index in [0.717, 1.165) is 5.56 Å². The van der Waals surface area contributed by atoms with Crippen molar-refractivity contribution >= 4 is 23.2 Å². The van der Waals surface area contributed by atoms with Gasteiger partial charge in [-0.15, -0.1) is 5.10 Å². The van der Waals surface area contributed by atoms with Crippen LogP contribution in [-0.4, -0.2) is 28.4 Å². The zero-order valence-electron chi connectivity index (χ0n) is 17.6. The number of benzene rings is 2. The summed E-state index contributed by atoms with van der Waals surface area (Å²) in [6.45, 7) is 6.04. The zero-order chi connectivity index (χ0) is 22.4. The number of nitrogens with zero attached hydrogens (tertiary/aromatic N) is 2. The number of amides is 1. The van der Waals surface area contributed by atoms with Gasteiger partial charge in [-0.3, -0.25) is 9.59 Å². The first-order chi connectivity index (χ1) is 14.9. The number of hydrogen-bond donors (Lipinski definition) is 1. The maximum absolute atomic E-state index is 12.8. The number of para-hydroxylation sites is 2. The lowest BCUT2D eigenvalue weighted by molar-refractivity contribution is -0.123. The van der Waals surface area contributed by atoms with Crippen LogP contribution in [0.15, 0.2) is 59.4 Å². The Balaban J connectivity index is 1.83. The van der Waals surface area contributed by atoms with Gasteiger partial charge in [0.25, 0.3) is 11.5 Å². The van der Waals surface area contributed by atoms with E-state index < -0.39 is 6.10 Å². The third-order valence-electron chi connectivity index (χ3n) is 4.55.